The van der Waals surface area contributed by atoms with Gasteiger partial charge >= 0.3 is 0 Å². The topological polar surface area (TPSA) is 75.7 Å². The van der Waals surface area contributed by atoms with Crippen molar-refractivity contribution in [1.82, 2.24) is 5.32 Å². The highest BCUT2D eigenvalue weighted by Gasteiger charge is 2.29. The van der Waals surface area contributed by atoms with Crippen molar-refractivity contribution in [2.24, 2.45) is 0 Å². The lowest BCUT2D eigenvalue weighted by Gasteiger charge is -2.26. The first-order valence-electron chi connectivity index (χ1n) is 10.4. The van der Waals surface area contributed by atoms with Gasteiger partial charge in [0.1, 0.15) is 18.1 Å². The van der Waals surface area contributed by atoms with E-state index in [9.17, 15) is 17.6 Å². The number of anilines is 1. The second-order valence-electron chi connectivity index (χ2n) is 7.79. The number of benzene rings is 3. The first kappa shape index (κ1) is 24.3. The van der Waals surface area contributed by atoms with Crippen molar-refractivity contribution in [1.29, 1.82) is 0 Å². The third-order valence-corrected chi connectivity index (χ3v) is 7.11. The normalized spacial score (nSPS) is 12.2. The summed E-state index contributed by atoms with van der Waals surface area (Å²) in [6, 6.07) is 16.7. The van der Waals surface area contributed by atoms with E-state index in [4.69, 9.17) is 4.74 Å². The van der Waals surface area contributed by atoms with Crippen LogP contribution in [0.5, 0.6) is 5.75 Å². The van der Waals surface area contributed by atoms with Gasteiger partial charge in [0.25, 0.3) is 10.0 Å². The Morgan fingerprint density at radius 3 is 2.36 bits per heavy atom. The van der Waals surface area contributed by atoms with Crippen molar-refractivity contribution in [2.45, 2.75) is 31.7 Å². The average Bonchev–Trinajstić information content (AvgIpc) is 2.79. The first-order chi connectivity index (χ1) is 15.6. The quantitative estimate of drug-likeness (QED) is 0.525. The number of nitrogens with one attached hydrogen (secondary N) is 1. The van der Waals surface area contributed by atoms with E-state index >= 15 is 0 Å². The van der Waals surface area contributed by atoms with Gasteiger partial charge in [-0.1, -0.05) is 35.9 Å². The third kappa shape index (κ3) is 5.51. The molecule has 0 fully saturated rings. The molecule has 174 valence electrons. The second kappa shape index (κ2) is 10.0. The monoisotopic (exact) mass is 470 g/mol. The van der Waals surface area contributed by atoms with E-state index in [2.05, 4.69) is 5.32 Å². The standard InChI is InChI=1S/C25H27FN2O4S/c1-17-9-10-18(2)22(15-17)19(3)27-25(29)16-28(24-8-6-5-7-23(24)26)33(30,31)21-13-11-20(32-4)12-14-21/h5-15,19H,16H2,1-4H3,(H,27,29). The number of hydrogen-bond acceptors (Lipinski definition) is 4. The number of methoxy groups -OCH3 is 1. The highest BCUT2D eigenvalue weighted by Crippen LogP contribution is 2.27. The van der Waals surface area contributed by atoms with Crippen LogP contribution in [0.25, 0.3) is 0 Å². The van der Waals surface area contributed by atoms with Crippen LogP contribution in [0.4, 0.5) is 10.1 Å². The number of halogens is 1. The fourth-order valence-corrected chi connectivity index (χ4v) is 4.98. The summed E-state index contributed by atoms with van der Waals surface area (Å²) in [5.74, 6) is -0.819. The highest BCUT2D eigenvalue weighted by atomic mass is 32.2. The lowest BCUT2D eigenvalue weighted by molar-refractivity contribution is -0.120. The zero-order valence-corrected chi connectivity index (χ0v) is 19.8. The SMILES string of the molecule is COc1ccc(S(=O)(=O)N(CC(=O)NC(C)c2cc(C)ccc2C)c2ccccc2F)cc1. The van der Waals surface area contributed by atoms with Gasteiger partial charge in [-0.05, 0) is 68.3 Å². The van der Waals surface area contributed by atoms with Crippen LogP contribution in [0.3, 0.4) is 0 Å². The zero-order valence-electron chi connectivity index (χ0n) is 19.0. The molecule has 3 aromatic carbocycles. The predicted molar refractivity (Wildman–Crippen MR) is 126 cm³/mol. The van der Waals surface area contributed by atoms with Gasteiger partial charge in [0.2, 0.25) is 5.91 Å². The van der Waals surface area contributed by atoms with Crippen LogP contribution in [-0.2, 0) is 14.8 Å². The highest BCUT2D eigenvalue weighted by molar-refractivity contribution is 7.92. The van der Waals surface area contributed by atoms with Crippen molar-refractivity contribution in [3.63, 3.8) is 0 Å². The first-order valence-corrected chi connectivity index (χ1v) is 11.9. The molecule has 6 nitrogen and oxygen atoms in total. The molecule has 0 heterocycles. The molecule has 0 saturated carbocycles. The summed E-state index contributed by atoms with van der Waals surface area (Å²) in [5, 5.41) is 2.84. The lowest BCUT2D eigenvalue weighted by atomic mass is 10.00. The van der Waals surface area contributed by atoms with Crippen LogP contribution in [0, 0.1) is 19.7 Å². The molecule has 1 N–H and O–H groups in total. The maximum absolute atomic E-state index is 14.6. The zero-order chi connectivity index (χ0) is 24.2. The van der Waals surface area contributed by atoms with Crippen molar-refractivity contribution in [3.8, 4) is 5.75 Å². The molecule has 1 atom stereocenters. The Balaban J connectivity index is 1.92. The van der Waals surface area contributed by atoms with E-state index in [1.54, 1.807) is 0 Å². The Labute approximate surface area is 194 Å². The van der Waals surface area contributed by atoms with E-state index in [1.165, 1.54) is 49.6 Å². The lowest BCUT2D eigenvalue weighted by Crippen LogP contribution is -2.42. The van der Waals surface area contributed by atoms with Crippen LogP contribution >= 0.6 is 0 Å². The molecule has 8 heteroatoms. The molecule has 0 aliphatic carbocycles. The Morgan fingerprint density at radius 2 is 1.73 bits per heavy atom. The van der Waals surface area contributed by atoms with E-state index in [0.29, 0.717) is 5.75 Å². The molecular formula is C25H27FN2O4S. The minimum atomic E-state index is -4.24. The summed E-state index contributed by atoms with van der Waals surface area (Å²) < 4.78 is 47.3. The van der Waals surface area contributed by atoms with Crippen LogP contribution < -0.4 is 14.4 Å². The Morgan fingerprint density at radius 1 is 1.06 bits per heavy atom. The summed E-state index contributed by atoms with van der Waals surface area (Å²) in [6.45, 7) is 5.14. The van der Waals surface area contributed by atoms with Gasteiger partial charge in [-0.3, -0.25) is 9.10 Å². The number of carbonyl (C=O) groups excluding carboxylic acids is 1. The van der Waals surface area contributed by atoms with Crippen LogP contribution in [0.2, 0.25) is 0 Å². The van der Waals surface area contributed by atoms with Crippen molar-refractivity contribution in [2.75, 3.05) is 18.0 Å². The molecule has 0 radical (unpaired) electrons. The van der Waals surface area contributed by atoms with Gasteiger partial charge < -0.3 is 10.1 Å². The Bertz CT molecular complexity index is 1240. The van der Waals surface area contributed by atoms with E-state index in [0.717, 1.165) is 27.1 Å². The molecule has 0 aromatic heterocycles. The minimum Gasteiger partial charge on any atom is -0.497 e. The number of amides is 1. The van der Waals surface area contributed by atoms with Crippen molar-refractivity contribution in [3.05, 3.63) is 89.2 Å². The molecule has 0 aliphatic rings. The van der Waals surface area contributed by atoms with Gasteiger partial charge in [-0.15, -0.1) is 0 Å². The summed E-state index contributed by atoms with van der Waals surface area (Å²) in [6.07, 6.45) is 0. The summed E-state index contributed by atoms with van der Waals surface area (Å²) in [4.78, 5) is 12.9. The predicted octanol–water partition coefficient (Wildman–Crippen LogP) is 4.52. The molecule has 3 aromatic rings. The number of aryl methyl sites for hydroxylation is 2. The summed E-state index contributed by atoms with van der Waals surface area (Å²) >= 11 is 0. The average molecular weight is 471 g/mol. The molecule has 0 saturated heterocycles. The van der Waals surface area contributed by atoms with Gasteiger partial charge in [0.05, 0.1) is 23.7 Å². The van der Waals surface area contributed by atoms with Crippen molar-refractivity contribution >= 4 is 21.6 Å². The Kier molecular flexibility index (Phi) is 7.38. The number of ether oxygens (including phenoxy) is 1. The maximum atomic E-state index is 14.6. The maximum Gasteiger partial charge on any atom is 0.264 e. The largest absolute Gasteiger partial charge is 0.497 e. The number of para-hydroxylation sites is 1. The molecular weight excluding hydrogens is 443 g/mol. The van der Waals surface area contributed by atoms with Gasteiger partial charge in [-0.2, -0.15) is 0 Å². The molecule has 0 aliphatic heterocycles. The summed E-state index contributed by atoms with van der Waals surface area (Å²) in [5.41, 5.74) is 2.78. The van der Waals surface area contributed by atoms with Gasteiger partial charge in [0, 0.05) is 0 Å². The number of nitrogens with zero attached hydrogens (tertiary/aromatic N) is 1. The fraction of sp³-hybridized carbons (Fsp3) is 0.240. The second-order valence-corrected chi connectivity index (χ2v) is 9.65. The summed E-state index contributed by atoms with van der Waals surface area (Å²) in [7, 11) is -2.77. The molecule has 33 heavy (non-hydrogen) atoms. The molecule has 3 rings (SSSR count). The number of hydrogen-bond donors (Lipinski definition) is 1. The Hall–Kier alpha value is -3.39. The number of rotatable bonds is 8. The van der Waals surface area contributed by atoms with Crippen LogP contribution in [0.15, 0.2) is 71.6 Å². The third-order valence-electron chi connectivity index (χ3n) is 5.33. The van der Waals surface area contributed by atoms with E-state index in [1.807, 2.05) is 39.0 Å². The fourth-order valence-electron chi connectivity index (χ4n) is 3.55. The molecule has 1 unspecified atom stereocenters. The van der Waals surface area contributed by atoms with Crippen LogP contribution in [0.1, 0.15) is 29.7 Å². The molecule has 1 amide bonds. The number of sulfonamides is 1. The van der Waals surface area contributed by atoms with E-state index < -0.39 is 28.3 Å². The van der Waals surface area contributed by atoms with E-state index in [-0.39, 0.29) is 16.6 Å². The smallest absolute Gasteiger partial charge is 0.264 e. The van der Waals surface area contributed by atoms with Crippen LogP contribution in [-0.4, -0.2) is 28.0 Å². The van der Waals surface area contributed by atoms with Gasteiger partial charge in [0.15, 0.2) is 0 Å². The molecule has 0 bridgehead atoms. The van der Waals surface area contributed by atoms with Gasteiger partial charge in [-0.25, -0.2) is 12.8 Å². The van der Waals surface area contributed by atoms with Crippen molar-refractivity contribution < 1.29 is 22.3 Å². The minimum absolute atomic E-state index is 0.0815. The molecule has 0 spiro atoms. The number of carbonyl (C=O) groups is 1.